The predicted octanol–water partition coefficient (Wildman–Crippen LogP) is 1.62. The number of hydrogen-bond donors (Lipinski definition) is 0. The Kier molecular flexibility index (Phi) is 8.66. The molecule has 2 heterocycles. The van der Waals surface area contributed by atoms with E-state index in [1.54, 1.807) is 6.07 Å². The molecule has 1 aliphatic rings. The zero-order valence-corrected chi connectivity index (χ0v) is 22.2. The molecule has 2 aromatic carbocycles. The van der Waals surface area contributed by atoms with Crippen LogP contribution in [-0.2, 0) is 10.0 Å². The Morgan fingerprint density at radius 3 is 2.18 bits per heavy atom. The minimum absolute atomic E-state index is 0. The van der Waals surface area contributed by atoms with E-state index in [1.807, 2.05) is 18.2 Å². The van der Waals surface area contributed by atoms with Crippen LogP contribution in [0.2, 0.25) is 10.0 Å². The third-order valence-corrected chi connectivity index (χ3v) is 6.90. The van der Waals surface area contributed by atoms with Crippen molar-refractivity contribution >= 4 is 50.6 Å². The third-order valence-electron chi connectivity index (χ3n) is 5.11. The van der Waals surface area contributed by atoms with Crippen LogP contribution in [0.15, 0.2) is 71.8 Å². The van der Waals surface area contributed by atoms with Crippen LogP contribution in [0.4, 0.5) is 11.5 Å². The number of aromatic nitrogens is 1. The number of sulfonamides is 1. The Labute approximate surface area is 225 Å². The van der Waals surface area contributed by atoms with Crippen LogP contribution < -0.4 is 39.4 Å². The second-order valence-corrected chi connectivity index (χ2v) is 9.61. The fraction of sp³-hybridized carbons (Fsp3) is 0.182. The van der Waals surface area contributed by atoms with E-state index in [4.69, 9.17) is 23.2 Å². The average molecular weight is 513 g/mol. The summed E-state index contributed by atoms with van der Waals surface area (Å²) >= 11 is 11.8. The number of rotatable bonds is 5. The van der Waals surface area contributed by atoms with Gasteiger partial charge < -0.3 is 19.3 Å². The maximum Gasteiger partial charge on any atom is 1.00 e. The standard InChI is InChI=1S/C22H20Cl2N4O3S.Na/c23-16-6-8-19(20(24)14-16)22(29)26-32(30,31)18-7-9-21(25-15-18)28-12-10-27(11-13-28)17-4-2-1-3-5-17;/h1-9,14-15H,10-13H2,(H,26,29);/q;+1/p-1. The van der Waals surface area contributed by atoms with Crippen LogP contribution in [0.1, 0.15) is 10.4 Å². The van der Waals surface area contributed by atoms with Gasteiger partial charge in [-0.05, 0) is 42.5 Å². The number of carbonyl (C=O) groups excluding carboxylic acids is 1. The molecule has 11 heteroatoms. The molecule has 0 spiro atoms. The van der Waals surface area contributed by atoms with Crippen LogP contribution in [0.25, 0.3) is 4.72 Å². The third kappa shape index (κ3) is 6.20. The normalized spacial score (nSPS) is 13.9. The van der Waals surface area contributed by atoms with Crippen molar-refractivity contribution < 1.29 is 42.8 Å². The molecule has 1 amide bonds. The summed E-state index contributed by atoms with van der Waals surface area (Å²) in [4.78, 5) is 20.8. The fourth-order valence-corrected chi connectivity index (χ4v) is 4.76. The van der Waals surface area contributed by atoms with Crippen molar-refractivity contribution in [3.63, 3.8) is 0 Å². The second-order valence-electron chi connectivity index (χ2n) is 7.16. The monoisotopic (exact) mass is 512 g/mol. The number of para-hydroxylation sites is 1. The number of anilines is 2. The molecule has 4 rings (SSSR count). The van der Waals surface area contributed by atoms with E-state index in [0.717, 1.165) is 26.2 Å². The summed E-state index contributed by atoms with van der Waals surface area (Å²) < 4.78 is 28.5. The van der Waals surface area contributed by atoms with E-state index >= 15 is 0 Å². The molecule has 3 aromatic rings. The van der Waals surface area contributed by atoms with Gasteiger partial charge in [0, 0.05) is 48.6 Å². The molecule has 0 radical (unpaired) electrons. The molecule has 166 valence electrons. The number of piperazine rings is 1. The first-order chi connectivity index (χ1) is 15.3. The first-order valence-corrected chi connectivity index (χ1v) is 12.0. The molecule has 1 fully saturated rings. The second kappa shape index (κ2) is 11.1. The minimum atomic E-state index is -4.23. The van der Waals surface area contributed by atoms with Gasteiger partial charge in [-0.2, -0.15) is 0 Å². The summed E-state index contributed by atoms with van der Waals surface area (Å²) in [6, 6.07) is 17.3. The van der Waals surface area contributed by atoms with Crippen molar-refractivity contribution in [2.24, 2.45) is 0 Å². The Morgan fingerprint density at radius 1 is 0.909 bits per heavy atom. The topological polar surface area (TPSA) is 84.7 Å². The molecule has 0 atom stereocenters. The van der Waals surface area contributed by atoms with Gasteiger partial charge in [-0.3, -0.25) is 0 Å². The number of carbonyl (C=O) groups is 1. The van der Waals surface area contributed by atoms with Crippen molar-refractivity contribution in [3.8, 4) is 0 Å². The van der Waals surface area contributed by atoms with E-state index in [-0.39, 0.29) is 45.0 Å². The zero-order valence-electron chi connectivity index (χ0n) is 17.9. The first-order valence-electron chi connectivity index (χ1n) is 9.82. The van der Waals surface area contributed by atoms with Gasteiger partial charge in [0.05, 0.1) is 15.8 Å². The summed E-state index contributed by atoms with van der Waals surface area (Å²) in [5.74, 6) is -0.295. The van der Waals surface area contributed by atoms with Crippen LogP contribution in [0, 0.1) is 0 Å². The van der Waals surface area contributed by atoms with Crippen molar-refractivity contribution in [2.75, 3.05) is 36.0 Å². The van der Waals surface area contributed by atoms with Gasteiger partial charge >= 0.3 is 29.6 Å². The number of nitrogens with zero attached hydrogens (tertiary/aromatic N) is 4. The maximum absolute atomic E-state index is 12.6. The SMILES string of the molecule is O=C([N-]S(=O)(=O)c1ccc(N2CCN(c3ccccc3)CC2)nc1)c1ccc(Cl)cc1Cl.[Na+]. The summed E-state index contributed by atoms with van der Waals surface area (Å²) in [5, 5.41) is 0.364. The van der Waals surface area contributed by atoms with Crippen molar-refractivity contribution in [1.82, 2.24) is 4.98 Å². The first kappa shape index (κ1) is 25.8. The molecule has 0 unspecified atom stereocenters. The fourth-order valence-electron chi connectivity index (χ4n) is 3.42. The molecule has 33 heavy (non-hydrogen) atoms. The molecule has 0 aliphatic carbocycles. The summed E-state index contributed by atoms with van der Waals surface area (Å²) in [5.41, 5.74) is 1.13. The number of hydrogen-bond acceptors (Lipinski definition) is 6. The summed E-state index contributed by atoms with van der Waals surface area (Å²) in [6.45, 7) is 3.17. The smallest absolute Gasteiger partial charge is 0.537 e. The molecule has 0 bridgehead atoms. The van der Waals surface area contributed by atoms with Gasteiger partial charge in [0.15, 0.2) is 0 Å². The Hall–Kier alpha value is -1.81. The number of amides is 1. The largest absolute Gasteiger partial charge is 1.00 e. The molecule has 1 aliphatic heterocycles. The molecular weight excluding hydrogens is 494 g/mol. The molecule has 0 N–H and O–H groups in total. The van der Waals surface area contributed by atoms with E-state index in [2.05, 4.69) is 31.6 Å². The minimum Gasteiger partial charge on any atom is -0.537 e. The number of benzene rings is 2. The van der Waals surface area contributed by atoms with Gasteiger partial charge in [0.25, 0.3) is 0 Å². The molecule has 1 saturated heterocycles. The van der Waals surface area contributed by atoms with Crippen LogP contribution in [0.5, 0.6) is 0 Å². The quantitative estimate of drug-likeness (QED) is 0.483. The predicted molar refractivity (Wildman–Crippen MR) is 126 cm³/mol. The number of pyridine rings is 1. The van der Waals surface area contributed by atoms with E-state index < -0.39 is 15.9 Å². The number of halogens is 2. The van der Waals surface area contributed by atoms with Gasteiger partial charge in [-0.15, -0.1) is 0 Å². The van der Waals surface area contributed by atoms with Crippen LogP contribution in [-0.4, -0.2) is 45.5 Å². The summed E-state index contributed by atoms with van der Waals surface area (Å²) in [7, 11) is -4.23. The van der Waals surface area contributed by atoms with Gasteiger partial charge in [0.2, 0.25) is 0 Å². The molecule has 7 nitrogen and oxygen atoms in total. The van der Waals surface area contributed by atoms with Crippen molar-refractivity contribution in [1.29, 1.82) is 0 Å². The van der Waals surface area contributed by atoms with E-state index in [0.29, 0.717) is 10.8 Å². The van der Waals surface area contributed by atoms with Crippen molar-refractivity contribution in [2.45, 2.75) is 4.90 Å². The summed E-state index contributed by atoms with van der Waals surface area (Å²) in [6.07, 6.45) is 1.22. The van der Waals surface area contributed by atoms with Gasteiger partial charge in [-0.25, -0.2) is 13.4 Å². The van der Waals surface area contributed by atoms with Gasteiger partial charge in [0.1, 0.15) is 15.8 Å². The van der Waals surface area contributed by atoms with Crippen LogP contribution >= 0.6 is 23.2 Å². The van der Waals surface area contributed by atoms with Crippen LogP contribution in [0.3, 0.4) is 0 Å². The van der Waals surface area contributed by atoms with Gasteiger partial charge in [-0.1, -0.05) is 41.4 Å². The Bertz CT molecular complexity index is 1220. The van der Waals surface area contributed by atoms with E-state index in [1.165, 1.54) is 36.1 Å². The van der Waals surface area contributed by atoms with Crippen molar-refractivity contribution in [3.05, 3.63) is 87.2 Å². The van der Waals surface area contributed by atoms with E-state index in [9.17, 15) is 13.2 Å². The zero-order chi connectivity index (χ0) is 22.7. The molecule has 0 saturated carbocycles. The molecular formula is C22H19Cl2N4NaO3S. The molecule has 1 aromatic heterocycles. The maximum atomic E-state index is 12.6. The Morgan fingerprint density at radius 2 is 1.58 bits per heavy atom. The average Bonchev–Trinajstić information content (AvgIpc) is 2.79. The Balaban J connectivity index is 0.00000306.